The minimum absolute atomic E-state index is 0.344. The summed E-state index contributed by atoms with van der Waals surface area (Å²) in [5.41, 5.74) is 0. The van der Waals surface area contributed by atoms with E-state index in [1.54, 1.807) is 0 Å². The third-order valence-electron chi connectivity index (χ3n) is 1.47. The lowest BCUT2D eigenvalue weighted by molar-refractivity contribution is 0.287. The van der Waals surface area contributed by atoms with Crippen molar-refractivity contribution in [2.24, 2.45) is 0 Å². The summed E-state index contributed by atoms with van der Waals surface area (Å²) in [6.07, 6.45) is 7.57. The largest absolute Gasteiger partial charge is 0.396 e. The molecule has 0 atom stereocenters. The fourth-order valence-corrected chi connectivity index (χ4v) is 0.658. The lowest BCUT2D eigenvalue weighted by atomic mass is 10.2. The zero-order chi connectivity index (χ0) is 8.95. The van der Waals surface area contributed by atoms with Crippen LogP contribution in [0.4, 0.5) is 0 Å². The molecule has 0 spiro atoms. The number of aliphatic hydroxyl groups excluding tert-OH is 1. The summed E-state index contributed by atoms with van der Waals surface area (Å²) in [6, 6.07) is 0. The summed E-state index contributed by atoms with van der Waals surface area (Å²) in [5.74, 6) is 0. The van der Waals surface area contributed by atoms with Gasteiger partial charge < -0.3 is 5.11 Å². The fourth-order valence-electron chi connectivity index (χ4n) is 0.658. The van der Waals surface area contributed by atoms with Gasteiger partial charge in [0.2, 0.25) is 0 Å². The molecule has 0 aromatic heterocycles. The highest BCUT2D eigenvalue weighted by atomic mass is 16.2. The van der Waals surface area contributed by atoms with Crippen molar-refractivity contribution in [3.63, 3.8) is 0 Å². The van der Waals surface area contributed by atoms with Gasteiger partial charge in [-0.1, -0.05) is 52.9 Å². The van der Waals surface area contributed by atoms with E-state index >= 15 is 0 Å². The van der Waals surface area contributed by atoms with E-state index in [0.717, 1.165) is 12.8 Å². The van der Waals surface area contributed by atoms with Gasteiger partial charge in [0.05, 0.1) is 0 Å². The molecule has 0 saturated carbocycles. The Morgan fingerprint density at radius 1 is 0.727 bits per heavy atom. The second kappa shape index (κ2) is 16.5. The Hall–Kier alpha value is -0.0400. The molecule has 0 aromatic carbocycles. The quantitative estimate of drug-likeness (QED) is 0.611. The number of rotatable bonds is 5. The zero-order valence-electron chi connectivity index (χ0n) is 8.40. The highest BCUT2D eigenvalue weighted by Gasteiger charge is 1.75. The molecule has 0 unspecified atom stereocenters. The Kier molecular flexibility index (Phi) is 20.3. The van der Waals surface area contributed by atoms with Crippen LogP contribution in [0.2, 0.25) is 0 Å². The summed E-state index contributed by atoms with van der Waals surface area (Å²) in [5, 5.41) is 8.07. The van der Waals surface area contributed by atoms with Crippen LogP contribution in [0.3, 0.4) is 0 Å². The Balaban J connectivity index is 0. The molecular formula is C10H24O. The van der Waals surface area contributed by atoms with Crippen LogP contribution in [-0.2, 0) is 0 Å². The van der Waals surface area contributed by atoms with E-state index in [-0.39, 0.29) is 0 Å². The van der Waals surface area contributed by atoms with Crippen molar-refractivity contribution < 1.29 is 5.11 Å². The minimum atomic E-state index is 0.344. The highest BCUT2D eigenvalue weighted by Crippen LogP contribution is 1.95. The lowest BCUT2D eigenvalue weighted by Gasteiger charge is -1.86. The third-order valence-corrected chi connectivity index (χ3v) is 1.47. The van der Waals surface area contributed by atoms with Crippen LogP contribution in [0.5, 0.6) is 0 Å². The molecule has 0 radical (unpaired) electrons. The molecule has 0 amide bonds. The number of hydrogen-bond acceptors (Lipinski definition) is 1. The second-order valence-corrected chi connectivity index (χ2v) is 2.78. The van der Waals surface area contributed by atoms with Crippen LogP contribution < -0.4 is 0 Å². The summed E-state index contributed by atoms with van der Waals surface area (Å²) >= 11 is 0. The van der Waals surface area contributed by atoms with Crippen molar-refractivity contribution in [2.45, 2.75) is 59.3 Å². The van der Waals surface area contributed by atoms with Crippen LogP contribution in [0.15, 0.2) is 0 Å². The molecule has 0 heterocycles. The van der Waals surface area contributed by atoms with Gasteiger partial charge in [-0.2, -0.15) is 0 Å². The van der Waals surface area contributed by atoms with E-state index in [9.17, 15) is 0 Å². The molecule has 1 nitrogen and oxygen atoms in total. The summed E-state index contributed by atoms with van der Waals surface area (Å²) in [4.78, 5) is 0. The SMILES string of the molecule is CCCCCC.CCCCO. The van der Waals surface area contributed by atoms with E-state index in [0.29, 0.717) is 6.61 Å². The maximum Gasteiger partial charge on any atom is 0.0430 e. The molecule has 0 rings (SSSR count). The van der Waals surface area contributed by atoms with Gasteiger partial charge in [-0.05, 0) is 6.42 Å². The third kappa shape index (κ3) is 25.7. The molecule has 0 aromatic rings. The molecule has 1 N–H and O–H groups in total. The molecule has 0 aliphatic carbocycles. The number of unbranched alkanes of at least 4 members (excludes halogenated alkanes) is 4. The molecule has 0 aliphatic heterocycles. The van der Waals surface area contributed by atoms with Crippen LogP contribution >= 0.6 is 0 Å². The summed E-state index contributed by atoms with van der Waals surface area (Å²) in [7, 11) is 0. The van der Waals surface area contributed by atoms with Gasteiger partial charge in [0, 0.05) is 6.61 Å². The first-order valence-corrected chi connectivity index (χ1v) is 4.94. The molecule has 0 saturated heterocycles. The van der Waals surface area contributed by atoms with Gasteiger partial charge in [-0.3, -0.25) is 0 Å². The van der Waals surface area contributed by atoms with Crippen molar-refractivity contribution in [2.75, 3.05) is 6.61 Å². The van der Waals surface area contributed by atoms with Gasteiger partial charge in [-0.15, -0.1) is 0 Å². The van der Waals surface area contributed by atoms with Gasteiger partial charge in [0.15, 0.2) is 0 Å². The van der Waals surface area contributed by atoms with Crippen molar-refractivity contribution in [3.05, 3.63) is 0 Å². The maximum absolute atomic E-state index is 8.07. The van der Waals surface area contributed by atoms with Crippen molar-refractivity contribution in [1.82, 2.24) is 0 Å². The standard InChI is InChI=1S/C6H14.C4H10O/c1-3-5-6-4-2;1-2-3-4-5/h3-6H2,1-2H3;5H,2-4H2,1H3. The summed E-state index contributed by atoms with van der Waals surface area (Å²) in [6.45, 7) is 6.86. The zero-order valence-corrected chi connectivity index (χ0v) is 8.40. The molecule has 0 bridgehead atoms. The topological polar surface area (TPSA) is 20.2 Å². The normalized spacial score (nSPS) is 8.73. The number of aliphatic hydroxyl groups is 1. The average Bonchev–Trinajstić information content (AvgIpc) is 2.04. The molecule has 11 heavy (non-hydrogen) atoms. The van der Waals surface area contributed by atoms with E-state index in [2.05, 4.69) is 20.8 Å². The Labute approximate surface area is 71.8 Å². The molecule has 0 fully saturated rings. The first kappa shape index (κ1) is 13.5. The molecular weight excluding hydrogens is 136 g/mol. The molecule has 70 valence electrons. The summed E-state index contributed by atoms with van der Waals surface area (Å²) < 4.78 is 0. The Morgan fingerprint density at radius 2 is 1.09 bits per heavy atom. The van der Waals surface area contributed by atoms with Gasteiger partial charge >= 0.3 is 0 Å². The van der Waals surface area contributed by atoms with Crippen LogP contribution in [0.1, 0.15) is 59.3 Å². The molecule has 0 aliphatic rings. The number of hydrogen-bond donors (Lipinski definition) is 1. The predicted octanol–water partition coefficient (Wildman–Crippen LogP) is 3.37. The highest BCUT2D eigenvalue weighted by molar-refractivity contribution is 4.31. The Morgan fingerprint density at radius 3 is 1.18 bits per heavy atom. The van der Waals surface area contributed by atoms with Crippen molar-refractivity contribution in [1.29, 1.82) is 0 Å². The molecule has 1 heteroatoms. The minimum Gasteiger partial charge on any atom is -0.396 e. The van der Waals surface area contributed by atoms with E-state index < -0.39 is 0 Å². The smallest absolute Gasteiger partial charge is 0.0430 e. The predicted molar refractivity (Wildman–Crippen MR) is 51.8 cm³/mol. The average molecular weight is 160 g/mol. The van der Waals surface area contributed by atoms with E-state index in [4.69, 9.17) is 5.11 Å². The fraction of sp³-hybridized carbons (Fsp3) is 1.00. The van der Waals surface area contributed by atoms with Crippen molar-refractivity contribution in [3.8, 4) is 0 Å². The van der Waals surface area contributed by atoms with Crippen LogP contribution in [0.25, 0.3) is 0 Å². The monoisotopic (exact) mass is 160 g/mol. The first-order valence-electron chi connectivity index (χ1n) is 4.94. The van der Waals surface area contributed by atoms with Crippen LogP contribution in [-0.4, -0.2) is 11.7 Å². The lowest BCUT2D eigenvalue weighted by Crippen LogP contribution is -1.75. The Bertz CT molecular complexity index is 38.1. The van der Waals surface area contributed by atoms with E-state index in [1.807, 2.05) is 0 Å². The van der Waals surface area contributed by atoms with E-state index in [1.165, 1.54) is 25.7 Å². The first-order chi connectivity index (χ1) is 5.33. The maximum atomic E-state index is 8.07. The second-order valence-electron chi connectivity index (χ2n) is 2.78. The van der Waals surface area contributed by atoms with Crippen LogP contribution in [0, 0.1) is 0 Å². The van der Waals surface area contributed by atoms with Gasteiger partial charge in [-0.25, -0.2) is 0 Å². The van der Waals surface area contributed by atoms with Gasteiger partial charge in [0.25, 0.3) is 0 Å². The van der Waals surface area contributed by atoms with Crippen molar-refractivity contribution >= 4 is 0 Å². The van der Waals surface area contributed by atoms with Gasteiger partial charge in [0.1, 0.15) is 0 Å².